The lowest BCUT2D eigenvalue weighted by Gasteiger charge is -2.11. The molecule has 3 rings (SSSR count). The van der Waals surface area contributed by atoms with E-state index in [9.17, 15) is 4.79 Å². The molecule has 0 bridgehead atoms. The lowest BCUT2D eigenvalue weighted by Crippen LogP contribution is -2.13. The average Bonchev–Trinajstić information content (AvgIpc) is 2.96. The predicted molar refractivity (Wildman–Crippen MR) is 95.9 cm³/mol. The maximum atomic E-state index is 12.8. The summed E-state index contributed by atoms with van der Waals surface area (Å²) in [7, 11) is 0. The van der Waals surface area contributed by atoms with Crippen molar-refractivity contribution < 1.29 is 15.1 Å². The molecular weight excluding hydrogens is 334 g/mol. The Hall–Kier alpha value is -3.48. The van der Waals surface area contributed by atoms with Crippen molar-refractivity contribution in [2.45, 2.75) is 20.4 Å². The number of aryl methyl sites for hydroxylation is 2. The molecule has 0 saturated heterocycles. The summed E-state index contributed by atoms with van der Waals surface area (Å²) in [6.45, 7) is 4.54. The zero-order chi connectivity index (χ0) is 19.1. The van der Waals surface area contributed by atoms with Crippen LogP contribution >= 0.6 is 0 Å². The number of aromatic nitrogens is 2. The van der Waals surface area contributed by atoms with Crippen LogP contribution in [0.15, 0.2) is 60.8 Å². The van der Waals surface area contributed by atoms with Gasteiger partial charge in [0.15, 0.2) is 0 Å². The number of ketones is 1. The maximum absolute atomic E-state index is 12.8. The number of imidazole rings is 1. The Bertz CT molecular complexity index is 900. The van der Waals surface area contributed by atoms with E-state index in [1.54, 1.807) is 6.20 Å². The summed E-state index contributed by atoms with van der Waals surface area (Å²) in [4.78, 5) is 25.5. The molecule has 0 aliphatic carbocycles. The third-order valence-corrected chi connectivity index (χ3v) is 3.86. The first-order valence-corrected chi connectivity index (χ1v) is 7.89. The van der Waals surface area contributed by atoms with E-state index in [4.69, 9.17) is 15.3 Å². The second-order valence-corrected chi connectivity index (χ2v) is 5.64. The van der Waals surface area contributed by atoms with Crippen molar-refractivity contribution in [2.24, 2.45) is 0 Å². The summed E-state index contributed by atoms with van der Waals surface area (Å²) in [6.07, 6.45) is 1.67. The number of carbonyl (C=O) groups is 1. The molecule has 0 radical (unpaired) electrons. The lowest BCUT2D eigenvalue weighted by molar-refractivity contribution is -0.742. The number of hydrogen-bond acceptors (Lipinski definition) is 4. The highest BCUT2D eigenvalue weighted by atomic mass is 16.9. The molecule has 0 atom stereocenters. The van der Waals surface area contributed by atoms with Gasteiger partial charge in [0.1, 0.15) is 11.5 Å². The van der Waals surface area contributed by atoms with Crippen LogP contribution in [-0.2, 0) is 6.54 Å². The molecule has 0 aliphatic rings. The Morgan fingerprint density at radius 1 is 1.12 bits per heavy atom. The first-order valence-electron chi connectivity index (χ1n) is 7.89. The molecule has 3 aromatic rings. The summed E-state index contributed by atoms with van der Waals surface area (Å²) >= 11 is 0. The Labute approximate surface area is 150 Å². The normalized spacial score (nSPS) is 9.92. The Morgan fingerprint density at radius 2 is 1.69 bits per heavy atom. The van der Waals surface area contributed by atoms with E-state index in [1.165, 1.54) is 0 Å². The van der Waals surface area contributed by atoms with Crippen molar-refractivity contribution in [1.82, 2.24) is 9.55 Å². The third-order valence-electron chi connectivity index (χ3n) is 3.86. The van der Waals surface area contributed by atoms with Crippen molar-refractivity contribution in [3.05, 3.63) is 99.1 Å². The SMILES string of the molecule is Cc1ccccc1C(=O)c1cnc(C)n1Cc1ccccc1.O=[N+]([O-])O. The molecular formula is C19H19N3O4. The first kappa shape index (κ1) is 18.9. The summed E-state index contributed by atoms with van der Waals surface area (Å²) in [5.41, 5.74) is 3.51. The van der Waals surface area contributed by atoms with Crippen molar-refractivity contribution in [3.8, 4) is 0 Å². The van der Waals surface area contributed by atoms with Gasteiger partial charge in [0.25, 0.3) is 5.09 Å². The molecule has 26 heavy (non-hydrogen) atoms. The highest BCUT2D eigenvalue weighted by Crippen LogP contribution is 2.16. The monoisotopic (exact) mass is 353 g/mol. The van der Waals surface area contributed by atoms with Crippen LogP contribution in [0.5, 0.6) is 0 Å². The topological polar surface area (TPSA) is 98.3 Å². The molecule has 0 spiro atoms. The fraction of sp³-hybridized carbons (Fsp3) is 0.158. The molecule has 7 heteroatoms. The van der Waals surface area contributed by atoms with Gasteiger partial charge in [-0.1, -0.05) is 54.6 Å². The van der Waals surface area contributed by atoms with Crippen LogP contribution in [0, 0.1) is 24.0 Å². The molecule has 134 valence electrons. The van der Waals surface area contributed by atoms with Crippen LogP contribution in [0.1, 0.15) is 33.0 Å². The van der Waals surface area contributed by atoms with Gasteiger partial charge >= 0.3 is 0 Å². The van der Waals surface area contributed by atoms with Gasteiger partial charge in [-0.3, -0.25) is 4.79 Å². The largest absolute Gasteiger partial charge is 0.328 e. The molecule has 1 heterocycles. The van der Waals surface area contributed by atoms with Gasteiger partial charge in [0.05, 0.1) is 6.20 Å². The van der Waals surface area contributed by atoms with Crippen LogP contribution in [0.25, 0.3) is 0 Å². The van der Waals surface area contributed by atoms with Crippen molar-refractivity contribution in [1.29, 1.82) is 0 Å². The van der Waals surface area contributed by atoms with E-state index in [0.29, 0.717) is 12.2 Å². The van der Waals surface area contributed by atoms with Gasteiger partial charge in [-0.2, -0.15) is 0 Å². The van der Waals surface area contributed by atoms with E-state index in [1.807, 2.05) is 60.9 Å². The van der Waals surface area contributed by atoms with Crippen LogP contribution in [0.3, 0.4) is 0 Å². The van der Waals surface area contributed by atoms with Gasteiger partial charge in [-0.25, -0.2) is 4.98 Å². The van der Waals surface area contributed by atoms with E-state index in [2.05, 4.69) is 17.1 Å². The molecule has 0 saturated carbocycles. The minimum absolute atomic E-state index is 0.0228. The number of benzene rings is 2. The number of rotatable bonds is 4. The molecule has 0 unspecified atom stereocenters. The molecule has 0 fully saturated rings. The first-order chi connectivity index (χ1) is 12.4. The predicted octanol–water partition coefficient (Wildman–Crippen LogP) is 3.43. The molecule has 0 aliphatic heterocycles. The minimum Gasteiger partial charge on any atom is -0.328 e. The van der Waals surface area contributed by atoms with Crippen molar-refractivity contribution in [3.63, 3.8) is 0 Å². The van der Waals surface area contributed by atoms with Gasteiger partial charge in [-0.15, -0.1) is 10.1 Å². The standard InChI is InChI=1S/C19H18N2O.HNO3/c1-14-8-6-7-11-17(14)19(22)18-12-20-15(2)21(18)13-16-9-4-3-5-10-16;2-1(3)4/h3-12H,13H2,1-2H3;(H,2,3,4). The number of nitrogens with zero attached hydrogens (tertiary/aromatic N) is 3. The fourth-order valence-corrected chi connectivity index (χ4v) is 2.58. The van der Waals surface area contributed by atoms with Crippen LogP contribution < -0.4 is 0 Å². The Morgan fingerprint density at radius 3 is 2.31 bits per heavy atom. The fourth-order valence-electron chi connectivity index (χ4n) is 2.58. The molecule has 1 N–H and O–H groups in total. The van der Waals surface area contributed by atoms with E-state index in [0.717, 1.165) is 22.5 Å². The second-order valence-electron chi connectivity index (χ2n) is 5.64. The van der Waals surface area contributed by atoms with Gasteiger partial charge in [0.2, 0.25) is 5.78 Å². The lowest BCUT2D eigenvalue weighted by atomic mass is 10.0. The van der Waals surface area contributed by atoms with E-state index >= 15 is 0 Å². The zero-order valence-electron chi connectivity index (χ0n) is 14.5. The van der Waals surface area contributed by atoms with Crippen LogP contribution in [-0.4, -0.2) is 25.6 Å². The highest BCUT2D eigenvalue weighted by molar-refractivity contribution is 6.08. The molecule has 2 aromatic carbocycles. The summed E-state index contributed by atoms with van der Waals surface area (Å²) in [6, 6.07) is 17.8. The summed E-state index contributed by atoms with van der Waals surface area (Å²) in [5, 5.41) is 13.6. The minimum atomic E-state index is -1.50. The molecule has 1 aromatic heterocycles. The van der Waals surface area contributed by atoms with Crippen LogP contribution in [0.2, 0.25) is 0 Å². The average molecular weight is 353 g/mol. The van der Waals surface area contributed by atoms with E-state index < -0.39 is 5.09 Å². The second kappa shape index (κ2) is 8.57. The molecule has 7 nitrogen and oxygen atoms in total. The summed E-state index contributed by atoms with van der Waals surface area (Å²) < 4.78 is 1.98. The highest BCUT2D eigenvalue weighted by Gasteiger charge is 2.17. The van der Waals surface area contributed by atoms with Gasteiger partial charge in [-0.05, 0) is 25.0 Å². The van der Waals surface area contributed by atoms with Gasteiger partial charge < -0.3 is 9.77 Å². The Kier molecular flexibility index (Phi) is 6.21. The smallest absolute Gasteiger partial charge is 0.291 e. The number of hydrogen-bond donors (Lipinski definition) is 1. The quantitative estimate of drug-likeness (QED) is 0.440. The molecule has 0 amide bonds. The Balaban J connectivity index is 0.000000552. The maximum Gasteiger partial charge on any atom is 0.291 e. The van der Waals surface area contributed by atoms with Crippen LogP contribution in [0.4, 0.5) is 0 Å². The van der Waals surface area contributed by atoms with Crippen molar-refractivity contribution in [2.75, 3.05) is 0 Å². The van der Waals surface area contributed by atoms with Gasteiger partial charge in [0, 0.05) is 12.1 Å². The summed E-state index contributed by atoms with van der Waals surface area (Å²) in [5.74, 6) is 0.871. The third kappa shape index (κ3) is 4.76. The van der Waals surface area contributed by atoms with Crippen molar-refractivity contribution >= 4 is 5.78 Å². The zero-order valence-corrected chi connectivity index (χ0v) is 14.5. The number of carbonyl (C=O) groups excluding carboxylic acids is 1. The van der Waals surface area contributed by atoms with E-state index in [-0.39, 0.29) is 5.78 Å².